The molecule has 1 aliphatic rings. The van der Waals surface area contributed by atoms with Gasteiger partial charge in [-0.15, -0.1) is 0 Å². The van der Waals surface area contributed by atoms with Crippen molar-refractivity contribution in [2.45, 2.75) is 78.4 Å². The highest BCUT2D eigenvalue weighted by Crippen LogP contribution is 2.41. The van der Waals surface area contributed by atoms with E-state index in [-0.39, 0.29) is 23.8 Å². The van der Waals surface area contributed by atoms with E-state index in [4.69, 9.17) is 0 Å². The lowest BCUT2D eigenvalue weighted by Gasteiger charge is -2.41. The third-order valence-electron chi connectivity index (χ3n) is 4.78. The van der Waals surface area contributed by atoms with E-state index >= 15 is 0 Å². The Morgan fingerprint density at radius 2 is 1.64 bits per heavy atom. The van der Waals surface area contributed by atoms with Crippen molar-refractivity contribution in [3.05, 3.63) is 0 Å². The first-order valence-electron chi connectivity index (χ1n) is 8.15. The summed E-state index contributed by atoms with van der Waals surface area (Å²) in [6.07, 6.45) is 3.36. The Labute approximate surface area is 134 Å². The van der Waals surface area contributed by atoms with Gasteiger partial charge in [-0.1, -0.05) is 20.8 Å². The molecule has 1 saturated carbocycles. The average Bonchev–Trinajstić information content (AvgIpc) is 2.33. The van der Waals surface area contributed by atoms with Crippen LogP contribution in [0.2, 0.25) is 0 Å². The van der Waals surface area contributed by atoms with Gasteiger partial charge in [0, 0.05) is 13.5 Å². The minimum atomic E-state index is -0.967. The van der Waals surface area contributed by atoms with Crippen molar-refractivity contribution in [3.8, 4) is 0 Å². The lowest BCUT2D eigenvalue weighted by molar-refractivity contribution is -0.132. The molecule has 0 heterocycles. The first kappa shape index (κ1) is 18.9. The highest BCUT2D eigenvalue weighted by atomic mass is 16.3. The molecular weight excluding hydrogens is 280 g/mol. The first-order valence-corrected chi connectivity index (χ1v) is 8.15. The molecule has 0 aromatic carbocycles. The van der Waals surface area contributed by atoms with E-state index in [0.717, 1.165) is 12.8 Å². The van der Waals surface area contributed by atoms with E-state index in [9.17, 15) is 14.7 Å². The van der Waals surface area contributed by atoms with Crippen molar-refractivity contribution in [1.29, 1.82) is 0 Å². The number of nitrogens with one attached hydrogen (secondary N) is 2. The number of hydrogen-bond donors (Lipinski definition) is 3. The van der Waals surface area contributed by atoms with Crippen molar-refractivity contribution >= 4 is 11.8 Å². The van der Waals surface area contributed by atoms with Gasteiger partial charge in [0.2, 0.25) is 11.8 Å². The normalized spacial score (nSPS) is 26.4. The predicted octanol–water partition coefficient (Wildman–Crippen LogP) is 1.98. The predicted molar refractivity (Wildman–Crippen MR) is 87.3 cm³/mol. The zero-order valence-electron chi connectivity index (χ0n) is 14.9. The maximum Gasteiger partial charge on any atom is 0.245 e. The number of aliphatic hydroxyl groups is 1. The van der Waals surface area contributed by atoms with Crippen LogP contribution in [0.1, 0.15) is 67.2 Å². The molecule has 2 amide bonds. The minimum Gasteiger partial charge on any atom is -0.388 e. The molecule has 0 aliphatic heterocycles. The van der Waals surface area contributed by atoms with Crippen LogP contribution in [-0.4, -0.2) is 34.6 Å². The average molecular weight is 312 g/mol. The van der Waals surface area contributed by atoms with Gasteiger partial charge in [-0.2, -0.15) is 0 Å². The molecule has 0 spiro atoms. The molecule has 0 radical (unpaired) electrons. The van der Waals surface area contributed by atoms with Crippen molar-refractivity contribution < 1.29 is 14.7 Å². The molecule has 0 atom stereocenters. The number of amides is 2. The molecule has 0 aromatic rings. The third kappa shape index (κ3) is 5.27. The summed E-state index contributed by atoms with van der Waals surface area (Å²) in [6, 6.07) is 0. The number of rotatable bonds is 4. The molecule has 128 valence electrons. The van der Waals surface area contributed by atoms with Gasteiger partial charge in [-0.05, 0) is 50.9 Å². The monoisotopic (exact) mass is 312 g/mol. The van der Waals surface area contributed by atoms with Crippen molar-refractivity contribution in [3.63, 3.8) is 0 Å². The minimum absolute atomic E-state index is 0.242. The van der Waals surface area contributed by atoms with Crippen molar-refractivity contribution in [1.82, 2.24) is 10.6 Å². The summed E-state index contributed by atoms with van der Waals surface area (Å²) in [6.45, 7) is 11.6. The largest absolute Gasteiger partial charge is 0.388 e. The Hall–Kier alpha value is -1.10. The SMILES string of the molecule is CC(=O)NC(C)(C)C(=O)NCC1(O)CCC(C(C)(C)C)CC1. The van der Waals surface area contributed by atoms with E-state index < -0.39 is 11.1 Å². The van der Waals surface area contributed by atoms with Crippen LogP contribution in [-0.2, 0) is 9.59 Å². The Bertz CT molecular complexity index is 416. The van der Waals surface area contributed by atoms with Crippen LogP contribution in [0, 0.1) is 11.3 Å². The van der Waals surface area contributed by atoms with Crippen LogP contribution in [0.3, 0.4) is 0 Å². The Morgan fingerprint density at radius 3 is 2.05 bits per heavy atom. The molecule has 3 N–H and O–H groups in total. The molecule has 0 saturated heterocycles. The second-order valence-corrected chi connectivity index (χ2v) is 8.35. The highest BCUT2D eigenvalue weighted by molar-refractivity contribution is 5.90. The fraction of sp³-hybridized carbons (Fsp3) is 0.882. The van der Waals surface area contributed by atoms with E-state index in [0.29, 0.717) is 18.8 Å². The van der Waals surface area contributed by atoms with Crippen molar-refractivity contribution in [2.24, 2.45) is 11.3 Å². The summed E-state index contributed by atoms with van der Waals surface area (Å²) < 4.78 is 0. The molecular formula is C17H32N2O3. The Morgan fingerprint density at radius 1 is 1.14 bits per heavy atom. The van der Waals surface area contributed by atoms with E-state index in [1.54, 1.807) is 13.8 Å². The Balaban J connectivity index is 2.51. The Kier molecular flexibility index (Phi) is 5.66. The first-order chi connectivity index (χ1) is 9.86. The summed E-state index contributed by atoms with van der Waals surface area (Å²) in [5, 5.41) is 16.1. The van der Waals surface area contributed by atoms with Crippen LogP contribution in [0.25, 0.3) is 0 Å². The summed E-state index contributed by atoms with van der Waals surface area (Å²) >= 11 is 0. The quantitative estimate of drug-likeness (QED) is 0.743. The van der Waals surface area contributed by atoms with Crippen LogP contribution in [0.5, 0.6) is 0 Å². The standard InChI is InChI=1S/C17H32N2O3/c1-12(20)19-16(5,6)14(21)18-11-17(22)9-7-13(8-10-17)15(2,3)4/h13,22H,7-11H2,1-6H3,(H,18,21)(H,19,20). The molecule has 5 nitrogen and oxygen atoms in total. The fourth-order valence-electron chi connectivity index (χ4n) is 3.16. The zero-order chi connectivity index (χ0) is 17.2. The van der Waals surface area contributed by atoms with Crippen molar-refractivity contribution in [2.75, 3.05) is 6.54 Å². The summed E-state index contributed by atoms with van der Waals surface area (Å²) in [7, 11) is 0. The van der Waals surface area contributed by atoms with Gasteiger partial charge in [0.05, 0.1) is 5.60 Å². The van der Waals surface area contributed by atoms with E-state index in [1.165, 1.54) is 6.92 Å². The number of hydrogen-bond acceptors (Lipinski definition) is 3. The third-order valence-corrected chi connectivity index (χ3v) is 4.78. The van der Waals surface area contributed by atoms with Crippen LogP contribution in [0.15, 0.2) is 0 Å². The summed E-state index contributed by atoms with van der Waals surface area (Å²) in [5.41, 5.74) is -1.54. The van der Waals surface area contributed by atoms with Gasteiger partial charge in [-0.3, -0.25) is 9.59 Å². The molecule has 0 bridgehead atoms. The molecule has 0 unspecified atom stereocenters. The van der Waals surface area contributed by atoms with Gasteiger partial charge in [-0.25, -0.2) is 0 Å². The molecule has 1 rings (SSSR count). The van der Waals surface area contributed by atoms with Crippen LogP contribution in [0.4, 0.5) is 0 Å². The number of carbonyl (C=O) groups excluding carboxylic acids is 2. The van der Waals surface area contributed by atoms with E-state index in [1.807, 2.05) is 0 Å². The second-order valence-electron chi connectivity index (χ2n) is 8.35. The smallest absolute Gasteiger partial charge is 0.245 e. The van der Waals surface area contributed by atoms with Gasteiger partial charge in [0.25, 0.3) is 0 Å². The fourth-order valence-corrected chi connectivity index (χ4v) is 3.16. The van der Waals surface area contributed by atoms with Crippen LogP contribution < -0.4 is 10.6 Å². The summed E-state index contributed by atoms with van der Waals surface area (Å²) in [4.78, 5) is 23.3. The summed E-state index contributed by atoms with van der Waals surface area (Å²) in [5.74, 6) is 0.0953. The van der Waals surface area contributed by atoms with Gasteiger partial charge in [0.1, 0.15) is 5.54 Å². The molecule has 22 heavy (non-hydrogen) atoms. The lowest BCUT2D eigenvalue weighted by Crippen LogP contribution is -2.57. The topological polar surface area (TPSA) is 78.4 Å². The highest BCUT2D eigenvalue weighted by Gasteiger charge is 2.38. The zero-order valence-corrected chi connectivity index (χ0v) is 14.9. The molecule has 0 aromatic heterocycles. The van der Waals surface area contributed by atoms with Gasteiger partial charge in [0.15, 0.2) is 0 Å². The van der Waals surface area contributed by atoms with E-state index in [2.05, 4.69) is 31.4 Å². The second kappa shape index (κ2) is 6.57. The van der Waals surface area contributed by atoms with Gasteiger partial charge < -0.3 is 15.7 Å². The van der Waals surface area contributed by atoms with Crippen LogP contribution >= 0.6 is 0 Å². The lowest BCUT2D eigenvalue weighted by atomic mass is 9.68. The molecule has 1 aliphatic carbocycles. The maximum absolute atomic E-state index is 12.2. The number of carbonyl (C=O) groups is 2. The molecule has 1 fully saturated rings. The molecule has 5 heteroatoms. The van der Waals surface area contributed by atoms with Gasteiger partial charge >= 0.3 is 0 Å². The maximum atomic E-state index is 12.2.